The second-order valence-electron chi connectivity index (χ2n) is 8.64. The molecule has 1 saturated heterocycles. The standard InChI is InChI=1S/C24H23ClN4O4S/c1-34(32,33)28-9-8-20(21(30)13-28)29-14-27-23-18-5-3-2-4-17(18)16(11-19(23)24(29)31)10-15-6-7-22(25)26-12-15/h2-7,11-12,14,20-21,30H,8-10,13H2,1H3/t20-,21-/m0/s1. The van der Waals surface area contributed by atoms with Crippen LogP contribution in [0.5, 0.6) is 0 Å². The van der Waals surface area contributed by atoms with Crippen molar-refractivity contribution in [1.29, 1.82) is 0 Å². The number of halogens is 1. The Labute approximate surface area is 201 Å². The fourth-order valence-electron chi connectivity index (χ4n) is 4.68. The van der Waals surface area contributed by atoms with Gasteiger partial charge in [-0.1, -0.05) is 41.9 Å². The number of aromatic nitrogens is 3. The maximum Gasteiger partial charge on any atom is 0.261 e. The highest BCUT2D eigenvalue weighted by atomic mass is 35.5. The number of benzene rings is 2. The van der Waals surface area contributed by atoms with Crippen molar-refractivity contribution >= 4 is 43.3 Å². The zero-order chi connectivity index (χ0) is 24.0. The number of hydrogen-bond donors (Lipinski definition) is 1. The van der Waals surface area contributed by atoms with Gasteiger partial charge in [0.15, 0.2) is 0 Å². The van der Waals surface area contributed by atoms with Gasteiger partial charge in [0.2, 0.25) is 10.0 Å². The van der Waals surface area contributed by atoms with Crippen LogP contribution in [0.25, 0.3) is 21.7 Å². The number of piperidine rings is 1. The van der Waals surface area contributed by atoms with E-state index in [0.717, 1.165) is 28.2 Å². The summed E-state index contributed by atoms with van der Waals surface area (Å²) in [5.74, 6) is 0. The van der Waals surface area contributed by atoms with Crippen molar-refractivity contribution in [3.8, 4) is 0 Å². The highest BCUT2D eigenvalue weighted by Crippen LogP contribution is 2.29. The zero-order valence-corrected chi connectivity index (χ0v) is 20.0. The first-order chi connectivity index (χ1) is 16.2. The lowest BCUT2D eigenvalue weighted by atomic mass is 9.96. The number of aliphatic hydroxyl groups is 1. The average Bonchev–Trinajstić information content (AvgIpc) is 2.81. The van der Waals surface area contributed by atoms with Crippen molar-refractivity contribution in [2.24, 2.45) is 0 Å². The lowest BCUT2D eigenvalue weighted by Crippen LogP contribution is -2.48. The Morgan fingerprint density at radius 3 is 2.56 bits per heavy atom. The summed E-state index contributed by atoms with van der Waals surface area (Å²) >= 11 is 5.93. The van der Waals surface area contributed by atoms with Crippen molar-refractivity contribution in [2.45, 2.75) is 25.0 Å². The smallest absolute Gasteiger partial charge is 0.261 e. The SMILES string of the molecule is CS(=O)(=O)N1CC[C@H](n2cnc3c(cc(Cc4ccc(Cl)nc4)c4ccccc43)c2=O)[C@@H](O)C1. The van der Waals surface area contributed by atoms with Crippen LogP contribution in [0.1, 0.15) is 23.6 Å². The second-order valence-corrected chi connectivity index (χ2v) is 11.0. The predicted molar refractivity (Wildman–Crippen MR) is 132 cm³/mol. The number of β-amino-alcohol motifs (C(OH)–C–C–N with tert-alkyl or cyclic N) is 1. The number of hydrogen-bond acceptors (Lipinski definition) is 6. The third kappa shape index (κ3) is 4.20. The summed E-state index contributed by atoms with van der Waals surface area (Å²) in [6.07, 6.45) is 4.16. The first-order valence-electron chi connectivity index (χ1n) is 10.9. The Kier molecular flexibility index (Phi) is 5.89. The molecule has 0 amide bonds. The Balaban J connectivity index is 1.61. The molecule has 0 saturated carbocycles. The van der Waals surface area contributed by atoms with Crippen molar-refractivity contribution < 1.29 is 13.5 Å². The fraction of sp³-hybridized carbons (Fsp3) is 0.292. The second kappa shape index (κ2) is 8.74. The summed E-state index contributed by atoms with van der Waals surface area (Å²) in [7, 11) is -3.41. The van der Waals surface area contributed by atoms with E-state index in [1.807, 2.05) is 36.4 Å². The normalized spacial score (nSPS) is 19.6. The predicted octanol–water partition coefficient (Wildman–Crippen LogP) is 2.76. The van der Waals surface area contributed by atoms with E-state index in [1.165, 1.54) is 15.2 Å². The molecule has 2 atom stereocenters. The van der Waals surface area contributed by atoms with Crippen LogP contribution in [0.15, 0.2) is 59.8 Å². The molecule has 34 heavy (non-hydrogen) atoms. The number of aliphatic hydroxyl groups excluding tert-OH is 1. The molecule has 2 aromatic heterocycles. The Morgan fingerprint density at radius 2 is 1.88 bits per heavy atom. The first-order valence-corrected chi connectivity index (χ1v) is 13.1. The van der Waals surface area contributed by atoms with Crippen LogP contribution in [0.2, 0.25) is 5.15 Å². The van der Waals surface area contributed by atoms with E-state index in [0.29, 0.717) is 28.9 Å². The van der Waals surface area contributed by atoms with Gasteiger partial charge in [0, 0.05) is 24.7 Å². The van der Waals surface area contributed by atoms with E-state index in [2.05, 4.69) is 9.97 Å². The average molecular weight is 499 g/mol. The Bertz CT molecular complexity index is 1550. The van der Waals surface area contributed by atoms with E-state index in [-0.39, 0.29) is 18.6 Å². The molecule has 2 aromatic carbocycles. The highest BCUT2D eigenvalue weighted by Gasteiger charge is 2.33. The number of fused-ring (bicyclic) bond motifs is 3. The van der Waals surface area contributed by atoms with Crippen molar-refractivity contribution in [3.63, 3.8) is 0 Å². The monoisotopic (exact) mass is 498 g/mol. The van der Waals surface area contributed by atoms with E-state index in [1.54, 1.807) is 12.3 Å². The molecule has 5 rings (SSSR count). The summed E-state index contributed by atoms with van der Waals surface area (Å²) in [4.78, 5) is 22.3. The van der Waals surface area contributed by atoms with Crippen LogP contribution >= 0.6 is 11.6 Å². The van der Waals surface area contributed by atoms with Gasteiger partial charge in [0.05, 0.1) is 35.6 Å². The van der Waals surface area contributed by atoms with Gasteiger partial charge in [-0.3, -0.25) is 9.36 Å². The summed E-state index contributed by atoms with van der Waals surface area (Å²) in [5.41, 5.74) is 2.25. The maximum atomic E-state index is 13.6. The third-order valence-corrected chi connectivity index (χ3v) is 7.89. The lowest BCUT2D eigenvalue weighted by Gasteiger charge is -2.35. The van der Waals surface area contributed by atoms with Crippen LogP contribution in [0.4, 0.5) is 0 Å². The molecular weight excluding hydrogens is 476 g/mol. The van der Waals surface area contributed by atoms with Gasteiger partial charge in [-0.2, -0.15) is 4.31 Å². The molecular formula is C24H23ClN4O4S. The maximum absolute atomic E-state index is 13.6. The van der Waals surface area contributed by atoms with E-state index < -0.39 is 22.2 Å². The third-order valence-electron chi connectivity index (χ3n) is 6.40. The molecule has 0 bridgehead atoms. The molecule has 4 aromatic rings. The molecule has 8 nitrogen and oxygen atoms in total. The van der Waals surface area contributed by atoms with Crippen LogP contribution in [-0.4, -0.2) is 57.8 Å². The molecule has 0 unspecified atom stereocenters. The summed E-state index contributed by atoms with van der Waals surface area (Å²) in [6.45, 7) is 0.179. The molecule has 1 fully saturated rings. The molecule has 176 valence electrons. The minimum atomic E-state index is -3.41. The van der Waals surface area contributed by atoms with E-state index in [9.17, 15) is 18.3 Å². The van der Waals surface area contributed by atoms with Gasteiger partial charge in [-0.05, 0) is 41.5 Å². The lowest BCUT2D eigenvalue weighted by molar-refractivity contribution is 0.0559. The van der Waals surface area contributed by atoms with E-state index >= 15 is 0 Å². The van der Waals surface area contributed by atoms with Gasteiger partial charge in [-0.25, -0.2) is 18.4 Å². The summed E-state index contributed by atoms with van der Waals surface area (Å²) in [6, 6.07) is 12.7. The van der Waals surface area contributed by atoms with Crippen LogP contribution in [0.3, 0.4) is 0 Å². The first kappa shape index (κ1) is 22.9. The topological polar surface area (TPSA) is 105 Å². The number of sulfonamides is 1. The van der Waals surface area contributed by atoms with Crippen molar-refractivity contribution in [3.05, 3.63) is 81.6 Å². The minimum absolute atomic E-state index is 0.0550. The van der Waals surface area contributed by atoms with Gasteiger partial charge >= 0.3 is 0 Å². The Morgan fingerprint density at radius 1 is 1.12 bits per heavy atom. The number of pyridine rings is 1. The van der Waals surface area contributed by atoms with Gasteiger partial charge in [0.1, 0.15) is 5.15 Å². The molecule has 0 radical (unpaired) electrons. The van der Waals surface area contributed by atoms with Gasteiger partial charge < -0.3 is 5.11 Å². The van der Waals surface area contributed by atoms with Crippen molar-refractivity contribution in [1.82, 2.24) is 18.8 Å². The molecule has 0 spiro atoms. The van der Waals surface area contributed by atoms with E-state index in [4.69, 9.17) is 11.6 Å². The zero-order valence-electron chi connectivity index (χ0n) is 18.4. The quantitative estimate of drug-likeness (QED) is 0.342. The number of nitrogens with zero attached hydrogens (tertiary/aromatic N) is 4. The molecule has 1 aliphatic rings. The van der Waals surface area contributed by atoms with Gasteiger partial charge in [0.25, 0.3) is 5.56 Å². The van der Waals surface area contributed by atoms with Gasteiger partial charge in [-0.15, -0.1) is 0 Å². The molecule has 10 heteroatoms. The Hall–Kier alpha value is -2.85. The molecule has 3 heterocycles. The largest absolute Gasteiger partial charge is 0.390 e. The minimum Gasteiger partial charge on any atom is -0.390 e. The molecule has 1 N–H and O–H groups in total. The summed E-state index contributed by atoms with van der Waals surface area (Å²) < 4.78 is 26.4. The van der Waals surface area contributed by atoms with Crippen LogP contribution in [0, 0.1) is 0 Å². The van der Waals surface area contributed by atoms with Crippen LogP contribution in [-0.2, 0) is 16.4 Å². The van der Waals surface area contributed by atoms with Crippen molar-refractivity contribution in [2.75, 3.05) is 19.3 Å². The molecule has 0 aliphatic carbocycles. The molecule has 1 aliphatic heterocycles. The highest BCUT2D eigenvalue weighted by molar-refractivity contribution is 7.88. The fourth-order valence-corrected chi connectivity index (χ4v) is 5.65. The van der Waals surface area contributed by atoms with Crippen LogP contribution < -0.4 is 5.56 Å². The summed E-state index contributed by atoms with van der Waals surface area (Å²) in [5, 5.41) is 13.4. The number of rotatable bonds is 4.